The van der Waals surface area contributed by atoms with Crippen molar-refractivity contribution in [1.82, 2.24) is 0 Å². The van der Waals surface area contributed by atoms with Gasteiger partial charge < -0.3 is 15.4 Å². The fourth-order valence-corrected chi connectivity index (χ4v) is 2.39. The summed E-state index contributed by atoms with van der Waals surface area (Å²) >= 11 is 11.7. The van der Waals surface area contributed by atoms with E-state index in [0.29, 0.717) is 21.4 Å². The molecule has 0 radical (unpaired) electrons. The van der Waals surface area contributed by atoms with Crippen LogP contribution < -0.4 is 10.6 Å². The number of ether oxygens (including phenoxy) is 1. The Labute approximate surface area is 149 Å². The maximum absolute atomic E-state index is 11.8. The predicted molar refractivity (Wildman–Crippen MR) is 95.7 cm³/mol. The van der Waals surface area contributed by atoms with Crippen molar-refractivity contribution in [1.29, 1.82) is 0 Å². The number of benzene rings is 2. The monoisotopic (exact) mass is 366 g/mol. The molecule has 0 heterocycles. The van der Waals surface area contributed by atoms with Gasteiger partial charge >= 0.3 is 0 Å². The molecule has 0 spiro atoms. The maximum atomic E-state index is 11.8. The fourth-order valence-electron chi connectivity index (χ4n) is 1.93. The molecule has 0 saturated carbocycles. The molecule has 2 rings (SSSR count). The molecular weight excluding hydrogens is 351 g/mol. The van der Waals surface area contributed by atoms with Crippen LogP contribution >= 0.6 is 23.2 Å². The van der Waals surface area contributed by atoms with Gasteiger partial charge in [0.15, 0.2) is 0 Å². The minimum absolute atomic E-state index is 0.226. The van der Waals surface area contributed by atoms with E-state index in [0.717, 1.165) is 5.56 Å². The van der Waals surface area contributed by atoms with E-state index in [1.165, 1.54) is 6.07 Å². The SMILES string of the molecule is Cc1cccc(NC(=O)COCC(=O)Nc2ccc(Cl)cc2Cl)c1. The van der Waals surface area contributed by atoms with E-state index in [9.17, 15) is 9.59 Å². The van der Waals surface area contributed by atoms with E-state index < -0.39 is 5.91 Å². The lowest BCUT2D eigenvalue weighted by atomic mass is 10.2. The largest absolute Gasteiger partial charge is 0.362 e. The topological polar surface area (TPSA) is 67.4 Å². The van der Waals surface area contributed by atoms with Crippen LogP contribution in [0.15, 0.2) is 42.5 Å². The summed E-state index contributed by atoms with van der Waals surface area (Å²) < 4.78 is 5.10. The number of hydrogen-bond acceptors (Lipinski definition) is 3. The lowest BCUT2D eigenvalue weighted by molar-refractivity contribution is -0.125. The normalized spacial score (nSPS) is 10.3. The first-order valence-electron chi connectivity index (χ1n) is 7.13. The molecule has 5 nitrogen and oxygen atoms in total. The Balaban J connectivity index is 1.75. The third-order valence-electron chi connectivity index (χ3n) is 2.97. The molecule has 2 aromatic rings. The van der Waals surface area contributed by atoms with E-state index >= 15 is 0 Å². The summed E-state index contributed by atoms with van der Waals surface area (Å²) in [6.45, 7) is 1.44. The average molecular weight is 367 g/mol. The smallest absolute Gasteiger partial charge is 0.250 e. The quantitative estimate of drug-likeness (QED) is 0.814. The highest BCUT2D eigenvalue weighted by atomic mass is 35.5. The third kappa shape index (κ3) is 5.85. The average Bonchev–Trinajstić information content (AvgIpc) is 2.50. The summed E-state index contributed by atoms with van der Waals surface area (Å²) in [5, 5.41) is 6.07. The molecule has 0 aliphatic rings. The van der Waals surface area contributed by atoms with Gasteiger partial charge in [0.25, 0.3) is 0 Å². The Kier molecular flexibility index (Phi) is 6.61. The highest BCUT2D eigenvalue weighted by Gasteiger charge is 2.08. The van der Waals surface area contributed by atoms with E-state index in [-0.39, 0.29) is 19.1 Å². The second-order valence-electron chi connectivity index (χ2n) is 5.08. The van der Waals surface area contributed by atoms with Gasteiger partial charge in [0.1, 0.15) is 13.2 Å². The maximum Gasteiger partial charge on any atom is 0.250 e. The lowest BCUT2D eigenvalue weighted by Crippen LogP contribution is -2.24. The van der Waals surface area contributed by atoms with Gasteiger partial charge in [-0.25, -0.2) is 0 Å². The van der Waals surface area contributed by atoms with E-state index in [4.69, 9.17) is 27.9 Å². The first kappa shape index (κ1) is 18.3. The van der Waals surface area contributed by atoms with Crippen molar-refractivity contribution in [2.45, 2.75) is 6.92 Å². The minimum atomic E-state index is -0.414. The Hall–Kier alpha value is -2.08. The molecule has 0 aliphatic heterocycles. The number of anilines is 2. The van der Waals surface area contributed by atoms with Crippen LogP contribution in [0, 0.1) is 6.92 Å². The highest BCUT2D eigenvalue weighted by molar-refractivity contribution is 6.36. The van der Waals surface area contributed by atoms with Crippen molar-refractivity contribution in [3.8, 4) is 0 Å². The number of nitrogens with one attached hydrogen (secondary N) is 2. The van der Waals surface area contributed by atoms with Crippen molar-refractivity contribution in [3.05, 3.63) is 58.1 Å². The molecule has 7 heteroatoms. The summed E-state index contributed by atoms with van der Waals surface area (Å²) in [4.78, 5) is 23.5. The predicted octanol–water partition coefficient (Wildman–Crippen LogP) is 3.90. The van der Waals surface area contributed by atoms with Crippen molar-refractivity contribution < 1.29 is 14.3 Å². The molecule has 2 aromatic carbocycles. The number of halogens is 2. The number of carbonyl (C=O) groups is 2. The number of hydrogen-bond donors (Lipinski definition) is 2. The van der Waals surface area contributed by atoms with Crippen molar-refractivity contribution in [3.63, 3.8) is 0 Å². The zero-order valence-electron chi connectivity index (χ0n) is 12.9. The van der Waals surface area contributed by atoms with Gasteiger partial charge in [0.05, 0.1) is 10.7 Å². The molecule has 24 heavy (non-hydrogen) atoms. The highest BCUT2D eigenvalue weighted by Crippen LogP contribution is 2.25. The van der Waals surface area contributed by atoms with Crippen LogP contribution in [0.5, 0.6) is 0 Å². The molecule has 0 bridgehead atoms. The first-order chi connectivity index (χ1) is 11.4. The van der Waals surface area contributed by atoms with Gasteiger partial charge in [-0.05, 0) is 42.8 Å². The van der Waals surface area contributed by atoms with Crippen LogP contribution in [0.4, 0.5) is 11.4 Å². The molecule has 0 unspecified atom stereocenters. The zero-order valence-corrected chi connectivity index (χ0v) is 14.4. The van der Waals surface area contributed by atoms with Crippen molar-refractivity contribution >= 4 is 46.4 Å². The van der Waals surface area contributed by atoms with Crippen molar-refractivity contribution in [2.24, 2.45) is 0 Å². The molecule has 0 atom stereocenters. The molecule has 2 amide bonds. The molecular formula is C17H16Cl2N2O3. The molecule has 126 valence electrons. The van der Waals surface area contributed by atoms with Crippen LogP contribution in [0.3, 0.4) is 0 Å². The van der Waals surface area contributed by atoms with E-state index in [1.54, 1.807) is 18.2 Å². The lowest BCUT2D eigenvalue weighted by Gasteiger charge is -2.09. The first-order valence-corrected chi connectivity index (χ1v) is 7.89. The summed E-state index contributed by atoms with van der Waals surface area (Å²) in [5.74, 6) is -0.750. The summed E-state index contributed by atoms with van der Waals surface area (Å²) in [5.41, 5.74) is 2.15. The van der Waals surface area contributed by atoms with Crippen LogP contribution in [-0.2, 0) is 14.3 Å². The van der Waals surface area contributed by atoms with E-state index in [2.05, 4.69) is 10.6 Å². The van der Waals surface area contributed by atoms with E-state index in [1.807, 2.05) is 25.1 Å². The molecule has 0 saturated heterocycles. The van der Waals surface area contributed by atoms with Gasteiger partial charge in [-0.15, -0.1) is 0 Å². The Morgan fingerprint density at radius 2 is 1.71 bits per heavy atom. The number of amides is 2. The number of aryl methyl sites for hydroxylation is 1. The van der Waals surface area contributed by atoms with Gasteiger partial charge in [0.2, 0.25) is 11.8 Å². The van der Waals surface area contributed by atoms with Crippen LogP contribution in [-0.4, -0.2) is 25.0 Å². The Morgan fingerprint density at radius 1 is 1.00 bits per heavy atom. The summed E-state index contributed by atoms with van der Waals surface area (Å²) in [6, 6.07) is 12.1. The van der Waals surface area contributed by atoms with Gasteiger partial charge in [-0.1, -0.05) is 35.3 Å². The third-order valence-corrected chi connectivity index (χ3v) is 3.52. The van der Waals surface area contributed by atoms with Crippen LogP contribution in [0.1, 0.15) is 5.56 Å². The number of rotatable bonds is 6. The molecule has 0 aromatic heterocycles. The minimum Gasteiger partial charge on any atom is -0.362 e. The van der Waals surface area contributed by atoms with Crippen molar-refractivity contribution in [2.75, 3.05) is 23.8 Å². The molecule has 0 fully saturated rings. The van der Waals surface area contributed by atoms with Gasteiger partial charge in [-0.3, -0.25) is 9.59 Å². The molecule has 0 aliphatic carbocycles. The summed E-state index contributed by atoms with van der Waals surface area (Å²) in [7, 11) is 0. The standard InChI is InChI=1S/C17H16Cl2N2O3/c1-11-3-2-4-13(7-11)20-16(22)9-24-10-17(23)21-15-6-5-12(18)8-14(15)19/h2-8H,9-10H2,1H3,(H,20,22)(H,21,23). The fraction of sp³-hybridized carbons (Fsp3) is 0.176. The Bertz CT molecular complexity index is 750. The second kappa shape index (κ2) is 8.68. The van der Waals surface area contributed by atoms with Gasteiger partial charge in [0, 0.05) is 10.7 Å². The van der Waals surface area contributed by atoms with Crippen LogP contribution in [0.2, 0.25) is 10.0 Å². The Morgan fingerprint density at radius 3 is 2.38 bits per heavy atom. The second-order valence-corrected chi connectivity index (χ2v) is 5.93. The summed E-state index contributed by atoms with van der Waals surface area (Å²) in [6.07, 6.45) is 0. The zero-order chi connectivity index (χ0) is 17.5. The molecule has 2 N–H and O–H groups in total. The number of carbonyl (C=O) groups excluding carboxylic acids is 2. The van der Waals surface area contributed by atoms with Gasteiger partial charge in [-0.2, -0.15) is 0 Å². The van der Waals surface area contributed by atoms with Crippen LogP contribution in [0.25, 0.3) is 0 Å².